The lowest BCUT2D eigenvalue weighted by molar-refractivity contribution is -0.125. The molecule has 2 rings (SSSR count). The molecule has 0 aromatic carbocycles. The smallest absolute Gasteiger partial charge is 0.410 e. The van der Waals surface area contributed by atoms with Crippen LogP contribution in [-0.4, -0.2) is 46.2 Å². The minimum absolute atomic E-state index is 0.0739. The Balaban J connectivity index is 2.07. The number of rotatable bonds is 3. The number of likely N-dealkylation sites (tertiary alicyclic amines) is 1. The first kappa shape index (κ1) is 19.0. The van der Waals surface area contributed by atoms with Crippen LogP contribution in [0.15, 0.2) is 12.4 Å². The third kappa shape index (κ3) is 4.84. The fourth-order valence-corrected chi connectivity index (χ4v) is 2.69. The molecule has 1 unspecified atom stereocenters. The van der Waals surface area contributed by atoms with Gasteiger partial charge in [-0.05, 0) is 33.3 Å². The van der Waals surface area contributed by atoms with E-state index in [0.29, 0.717) is 0 Å². The largest absolute Gasteiger partial charge is 0.444 e. The summed E-state index contributed by atoms with van der Waals surface area (Å²) in [4.78, 5) is 41.9. The molecule has 6 nitrogen and oxygen atoms in total. The Hall–Kier alpha value is -2.31. The Bertz CT molecular complexity index is 697. The van der Waals surface area contributed by atoms with Gasteiger partial charge in [-0.25, -0.2) is 9.18 Å². The topological polar surface area (TPSA) is 76.6 Å². The average molecular weight is 350 g/mol. The van der Waals surface area contributed by atoms with Gasteiger partial charge >= 0.3 is 6.09 Å². The number of pyridine rings is 1. The summed E-state index contributed by atoms with van der Waals surface area (Å²) in [6, 6.07) is 0. The summed E-state index contributed by atoms with van der Waals surface area (Å²) >= 11 is 0. The van der Waals surface area contributed by atoms with E-state index in [1.807, 2.05) is 0 Å². The predicted molar refractivity (Wildman–Crippen MR) is 88.8 cm³/mol. The number of hydrogen-bond acceptors (Lipinski definition) is 5. The van der Waals surface area contributed by atoms with Crippen molar-refractivity contribution in [1.29, 1.82) is 0 Å². The quantitative estimate of drug-likeness (QED) is 0.784. The number of amides is 1. The van der Waals surface area contributed by atoms with E-state index in [4.69, 9.17) is 4.74 Å². The van der Waals surface area contributed by atoms with Gasteiger partial charge in [0.2, 0.25) is 0 Å². The number of carbonyl (C=O) groups excluding carboxylic acids is 3. The molecule has 25 heavy (non-hydrogen) atoms. The van der Waals surface area contributed by atoms with Crippen LogP contribution < -0.4 is 0 Å². The van der Waals surface area contributed by atoms with Crippen molar-refractivity contribution in [3.05, 3.63) is 29.3 Å². The molecule has 7 heteroatoms. The van der Waals surface area contributed by atoms with Crippen molar-refractivity contribution >= 4 is 17.7 Å². The van der Waals surface area contributed by atoms with Crippen LogP contribution in [0.5, 0.6) is 0 Å². The number of ether oxygens (including phenoxy) is 1. The number of piperidine rings is 1. The molecule has 1 aliphatic rings. The molecule has 136 valence electrons. The van der Waals surface area contributed by atoms with Crippen molar-refractivity contribution in [2.75, 3.05) is 13.1 Å². The first-order valence-electron chi connectivity index (χ1n) is 8.22. The molecule has 2 heterocycles. The molecule has 1 saturated heterocycles. The van der Waals surface area contributed by atoms with E-state index in [0.717, 1.165) is 6.20 Å². The Morgan fingerprint density at radius 1 is 1.36 bits per heavy atom. The van der Waals surface area contributed by atoms with Crippen molar-refractivity contribution in [3.63, 3.8) is 0 Å². The molecule has 0 spiro atoms. The van der Waals surface area contributed by atoms with Gasteiger partial charge in [-0.2, -0.15) is 0 Å². The fraction of sp³-hybridized carbons (Fsp3) is 0.556. The Morgan fingerprint density at radius 2 is 2.04 bits per heavy atom. The molecule has 1 aromatic heterocycles. The summed E-state index contributed by atoms with van der Waals surface area (Å²) in [6.45, 7) is 7.20. The zero-order chi connectivity index (χ0) is 18.8. The first-order valence-corrected chi connectivity index (χ1v) is 8.22. The maximum Gasteiger partial charge on any atom is 0.410 e. The summed E-state index contributed by atoms with van der Waals surface area (Å²) in [5.74, 6) is -1.60. The summed E-state index contributed by atoms with van der Waals surface area (Å²) in [7, 11) is 0. The van der Waals surface area contributed by atoms with Crippen LogP contribution in [0.1, 0.15) is 49.5 Å². The molecule has 0 N–H and O–H groups in total. The lowest BCUT2D eigenvalue weighted by Crippen LogP contribution is -2.46. The van der Waals surface area contributed by atoms with Gasteiger partial charge < -0.3 is 9.64 Å². The first-order chi connectivity index (χ1) is 11.6. The molecule has 0 aliphatic carbocycles. The molecule has 1 aliphatic heterocycles. The van der Waals surface area contributed by atoms with E-state index in [1.54, 1.807) is 20.8 Å². The third-order valence-electron chi connectivity index (χ3n) is 4.06. The number of nitrogens with zero attached hydrogens (tertiary/aromatic N) is 2. The molecule has 0 saturated carbocycles. The molecule has 1 aromatic rings. The van der Waals surface area contributed by atoms with Crippen molar-refractivity contribution in [2.24, 2.45) is 5.92 Å². The lowest BCUT2D eigenvalue weighted by atomic mass is 9.89. The number of Topliss-reactive ketones (excluding diaryl/α,β-unsaturated/α-hetero) is 2. The van der Waals surface area contributed by atoms with E-state index in [9.17, 15) is 18.8 Å². The molecule has 1 fully saturated rings. The van der Waals surface area contributed by atoms with Crippen LogP contribution in [-0.2, 0) is 9.53 Å². The highest BCUT2D eigenvalue weighted by atomic mass is 19.1. The summed E-state index contributed by atoms with van der Waals surface area (Å²) in [5, 5.41) is 0. The number of halogens is 1. The second kappa shape index (κ2) is 7.29. The minimum atomic E-state index is -0.631. The van der Waals surface area contributed by atoms with E-state index in [2.05, 4.69) is 4.98 Å². The minimum Gasteiger partial charge on any atom is -0.444 e. The lowest BCUT2D eigenvalue weighted by Gasteiger charge is -2.33. The van der Waals surface area contributed by atoms with Gasteiger partial charge in [-0.3, -0.25) is 14.6 Å². The van der Waals surface area contributed by atoms with Crippen molar-refractivity contribution in [2.45, 2.75) is 46.1 Å². The van der Waals surface area contributed by atoms with Crippen LogP contribution in [0.3, 0.4) is 0 Å². The number of ketones is 2. The monoisotopic (exact) mass is 350 g/mol. The van der Waals surface area contributed by atoms with Gasteiger partial charge in [0.25, 0.3) is 0 Å². The van der Waals surface area contributed by atoms with Gasteiger partial charge in [-0.1, -0.05) is 0 Å². The Morgan fingerprint density at radius 3 is 2.68 bits per heavy atom. The van der Waals surface area contributed by atoms with E-state index >= 15 is 0 Å². The fourth-order valence-electron chi connectivity index (χ4n) is 2.69. The average Bonchev–Trinajstić information content (AvgIpc) is 2.50. The second-order valence-corrected chi connectivity index (χ2v) is 7.26. The Labute approximate surface area is 146 Å². The van der Waals surface area contributed by atoms with Crippen LogP contribution in [0.2, 0.25) is 0 Å². The predicted octanol–water partition coefficient (Wildman–Crippen LogP) is 2.93. The number of carbonyl (C=O) groups is 3. The van der Waals surface area contributed by atoms with Gasteiger partial charge in [0.05, 0.1) is 6.20 Å². The van der Waals surface area contributed by atoms with Crippen molar-refractivity contribution in [1.82, 2.24) is 9.88 Å². The van der Waals surface area contributed by atoms with E-state index < -0.39 is 23.4 Å². The highest BCUT2D eigenvalue weighted by molar-refractivity contribution is 6.00. The summed E-state index contributed by atoms with van der Waals surface area (Å²) in [6.07, 6.45) is 1.95. The van der Waals surface area contributed by atoms with Gasteiger partial charge in [0, 0.05) is 43.6 Å². The highest BCUT2D eigenvalue weighted by Crippen LogP contribution is 2.22. The van der Waals surface area contributed by atoms with Crippen molar-refractivity contribution in [3.8, 4) is 0 Å². The molecule has 0 bridgehead atoms. The zero-order valence-corrected chi connectivity index (χ0v) is 15.0. The second-order valence-electron chi connectivity index (χ2n) is 7.26. The Kier molecular flexibility index (Phi) is 5.55. The summed E-state index contributed by atoms with van der Waals surface area (Å²) < 4.78 is 18.9. The normalized spacial score (nSPS) is 18.2. The third-order valence-corrected chi connectivity index (χ3v) is 4.06. The molecular formula is C18H23FN2O4. The van der Waals surface area contributed by atoms with Crippen LogP contribution in [0.4, 0.5) is 9.18 Å². The van der Waals surface area contributed by atoms with E-state index in [-0.39, 0.29) is 48.6 Å². The van der Waals surface area contributed by atoms with E-state index in [1.165, 1.54) is 18.0 Å². The highest BCUT2D eigenvalue weighted by Gasteiger charge is 2.33. The number of aromatic nitrogens is 1. The van der Waals surface area contributed by atoms with Crippen LogP contribution in [0, 0.1) is 18.7 Å². The molecule has 0 radical (unpaired) electrons. The number of hydrogen-bond donors (Lipinski definition) is 0. The van der Waals surface area contributed by atoms with Gasteiger partial charge in [0.1, 0.15) is 17.2 Å². The van der Waals surface area contributed by atoms with Crippen molar-refractivity contribution < 1.29 is 23.5 Å². The SMILES string of the molecule is Cc1c(F)cncc1C(=O)CC1CN(C(=O)OC(C)(C)C)CCC1=O. The van der Waals surface area contributed by atoms with Crippen LogP contribution >= 0.6 is 0 Å². The standard InChI is InChI=1S/C18H23FN2O4/c1-11-13(8-20-9-14(11)19)16(23)7-12-10-21(6-5-15(12)22)17(24)25-18(2,3)4/h8-9,12H,5-7,10H2,1-4H3. The van der Waals surface area contributed by atoms with Gasteiger partial charge in [0.15, 0.2) is 5.78 Å². The maximum absolute atomic E-state index is 13.6. The molecule has 1 atom stereocenters. The van der Waals surface area contributed by atoms with Crippen LogP contribution in [0.25, 0.3) is 0 Å². The maximum atomic E-state index is 13.6. The summed E-state index contributed by atoms with van der Waals surface area (Å²) in [5.41, 5.74) is -0.247. The molecule has 1 amide bonds. The van der Waals surface area contributed by atoms with Gasteiger partial charge in [-0.15, -0.1) is 0 Å². The molecular weight excluding hydrogens is 327 g/mol. The zero-order valence-electron chi connectivity index (χ0n) is 15.0.